The van der Waals surface area contributed by atoms with Crippen LogP contribution in [0.1, 0.15) is 47.6 Å². The van der Waals surface area contributed by atoms with Crippen LogP contribution in [-0.4, -0.2) is 43.4 Å². The summed E-state index contributed by atoms with van der Waals surface area (Å²) in [4.78, 5) is 16.9. The summed E-state index contributed by atoms with van der Waals surface area (Å²) in [7, 11) is 5.79. The lowest BCUT2D eigenvalue weighted by Gasteiger charge is -2.25. The molecule has 0 bridgehead atoms. The van der Waals surface area contributed by atoms with Crippen molar-refractivity contribution in [3.63, 3.8) is 0 Å². The number of amides is 1. The molecule has 192 valence electrons. The second kappa shape index (κ2) is 12.1. The van der Waals surface area contributed by atoms with Gasteiger partial charge in [-0.2, -0.15) is 13.2 Å². The Morgan fingerprint density at radius 3 is 2.03 bits per heavy atom. The Hall–Kier alpha value is -3.32. The summed E-state index contributed by atoms with van der Waals surface area (Å²) in [6, 6.07) is 22.2. The van der Waals surface area contributed by atoms with E-state index in [1.807, 2.05) is 75.6 Å². The monoisotopic (exact) mass is 498 g/mol. The van der Waals surface area contributed by atoms with E-state index in [2.05, 4.69) is 4.90 Å². The molecular weight excluding hydrogens is 465 g/mol. The highest BCUT2D eigenvalue weighted by atomic mass is 19.4. The topological polar surface area (TPSA) is 32.8 Å². The molecule has 0 aromatic heterocycles. The lowest BCUT2D eigenvalue weighted by Crippen LogP contribution is -2.32. The van der Waals surface area contributed by atoms with Crippen LogP contribution >= 0.6 is 0 Å². The van der Waals surface area contributed by atoms with Gasteiger partial charge < -0.3 is 14.5 Å². The van der Waals surface area contributed by atoms with E-state index in [0.29, 0.717) is 18.7 Å². The maximum absolute atomic E-state index is 13.1. The van der Waals surface area contributed by atoms with E-state index in [-0.39, 0.29) is 11.8 Å². The van der Waals surface area contributed by atoms with Gasteiger partial charge in [0.15, 0.2) is 0 Å². The van der Waals surface area contributed by atoms with Gasteiger partial charge in [-0.3, -0.25) is 4.79 Å². The average molecular weight is 499 g/mol. The van der Waals surface area contributed by atoms with Crippen molar-refractivity contribution in [2.24, 2.45) is 0 Å². The Bertz CT molecular complexity index is 1100. The molecular formula is C29H33F3N2O2. The largest absolute Gasteiger partial charge is 0.486 e. The molecule has 2 atom stereocenters. The quantitative estimate of drug-likeness (QED) is 0.318. The van der Waals surface area contributed by atoms with E-state index in [1.165, 1.54) is 17.7 Å². The van der Waals surface area contributed by atoms with Crippen molar-refractivity contribution in [2.45, 2.75) is 38.1 Å². The van der Waals surface area contributed by atoms with Gasteiger partial charge in [-0.25, -0.2) is 0 Å². The lowest BCUT2D eigenvalue weighted by molar-refractivity contribution is -0.137. The molecule has 0 fully saturated rings. The highest BCUT2D eigenvalue weighted by molar-refractivity contribution is 5.83. The zero-order valence-electron chi connectivity index (χ0n) is 21.1. The van der Waals surface area contributed by atoms with Crippen LogP contribution in [0.2, 0.25) is 0 Å². The second-order valence-corrected chi connectivity index (χ2v) is 9.29. The fraction of sp³-hybridized carbons (Fsp3) is 0.345. The van der Waals surface area contributed by atoms with Gasteiger partial charge in [-0.15, -0.1) is 0 Å². The molecule has 3 rings (SSSR count). The summed E-state index contributed by atoms with van der Waals surface area (Å²) in [6.07, 6.45) is -4.33. The van der Waals surface area contributed by atoms with Gasteiger partial charge in [0.25, 0.3) is 0 Å². The number of halogens is 3. The first-order chi connectivity index (χ1) is 17.0. The number of rotatable bonds is 10. The minimum absolute atomic E-state index is 0.00305. The van der Waals surface area contributed by atoms with Crippen molar-refractivity contribution in [1.29, 1.82) is 0 Å². The summed E-state index contributed by atoms with van der Waals surface area (Å²) in [6.45, 7) is 3.16. The summed E-state index contributed by atoms with van der Waals surface area (Å²) in [5.41, 5.74) is 2.31. The van der Waals surface area contributed by atoms with E-state index in [0.717, 1.165) is 29.8 Å². The molecule has 7 heteroatoms. The van der Waals surface area contributed by atoms with Crippen LogP contribution in [-0.2, 0) is 17.5 Å². The molecule has 3 aromatic rings. The minimum Gasteiger partial charge on any atom is -0.486 e. The highest BCUT2D eigenvalue weighted by Gasteiger charge is 2.30. The van der Waals surface area contributed by atoms with Crippen molar-refractivity contribution in [1.82, 2.24) is 9.80 Å². The number of hydrogen-bond acceptors (Lipinski definition) is 3. The molecule has 3 aromatic carbocycles. The molecule has 0 aliphatic heterocycles. The van der Waals surface area contributed by atoms with Gasteiger partial charge in [-0.1, -0.05) is 54.6 Å². The van der Waals surface area contributed by atoms with Crippen molar-refractivity contribution >= 4 is 5.91 Å². The number of carbonyl (C=O) groups is 1. The van der Waals surface area contributed by atoms with Gasteiger partial charge >= 0.3 is 6.18 Å². The van der Waals surface area contributed by atoms with Crippen LogP contribution in [0.25, 0.3) is 0 Å². The van der Waals surface area contributed by atoms with Gasteiger partial charge in [0.05, 0.1) is 11.5 Å². The third-order valence-corrected chi connectivity index (χ3v) is 6.08. The normalized spacial score (nSPS) is 13.3. The first kappa shape index (κ1) is 27.3. The van der Waals surface area contributed by atoms with Crippen LogP contribution in [0.15, 0.2) is 78.9 Å². The Labute approximate surface area is 211 Å². The van der Waals surface area contributed by atoms with E-state index in [9.17, 15) is 18.0 Å². The summed E-state index contributed by atoms with van der Waals surface area (Å²) < 4.78 is 44.8. The number of ether oxygens (including phenoxy) is 1. The Balaban J connectivity index is 1.66. The van der Waals surface area contributed by atoms with Gasteiger partial charge in [0.2, 0.25) is 5.91 Å². The van der Waals surface area contributed by atoms with E-state index >= 15 is 0 Å². The van der Waals surface area contributed by atoms with Crippen molar-refractivity contribution in [3.05, 3.63) is 101 Å². The fourth-order valence-corrected chi connectivity index (χ4v) is 4.02. The average Bonchev–Trinajstić information content (AvgIpc) is 2.86. The zero-order chi connectivity index (χ0) is 26.3. The zero-order valence-corrected chi connectivity index (χ0v) is 21.1. The SMILES string of the molecule is CC(C(=O)N(C)CC[C@H](Oc1ccc(C(F)(F)F)cc1)c1ccccc1)c1ccc(CN(C)C)cc1. The first-order valence-electron chi connectivity index (χ1n) is 11.9. The maximum atomic E-state index is 13.1. The molecule has 0 radical (unpaired) electrons. The molecule has 0 heterocycles. The fourth-order valence-electron chi connectivity index (χ4n) is 4.02. The predicted octanol–water partition coefficient (Wildman–Crippen LogP) is 6.54. The van der Waals surface area contributed by atoms with Crippen LogP contribution in [0, 0.1) is 0 Å². The molecule has 36 heavy (non-hydrogen) atoms. The number of likely N-dealkylation sites (N-methyl/N-ethyl adjacent to an activating group) is 1. The molecule has 0 aliphatic rings. The Morgan fingerprint density at radius 1 is 0.861 bits per heavy atom. The number of carbonyl (C=O) groups excluding carboxylic acids is 1. The number of alkyl halides is 3. The van der Waals surface area contributed by atoms with Crippen molar-refractivity contribution < 1.29 is 22.7 Å². The summed E-state index contributed by atoms with van der Waals surface area (Å²) in [5, 5.41) is 0. The van der Waals surface area contributed by atoms with Crippen molar-refractivity contribution in [2.75, 3.05) is 27.7 Å². The molecule has 0 spiro atoms. The molecule has 0 N–H and O–H groups in total. The predicted molar refractivity (Wildman–Crippen MR) is 136 cm³/mol. The lowest BCUT2D eigenvalue weighted by atomic mass is 9.98. The van der Waals surface area contributed by atoms with E-state index in [4.69, 9.17) is 4.74 Å². The van der Waals surface area contributed by atoms with Gasteiger partial charge in [0, 0.05) is 26.6 Å². The minimum atomic E-state index is -4.40. The highest BCUT2D eigenvalue weighted by Crippen LogP contribution is 2.32. The maximum Gasteiger partial charge on any atom is 0.416 e. The first-order valence-corrected chi connectivity index (χ1v) is 11.9. The summed E-state index contributed by atoms with van der Waals surface area (Å²) in [5.74, 6) is 0.0446. The van der Waals surface area contributed by atoms with Crippen LogP contribution < -0.4 is 4.74 Å². The number of benzene rings is 3. The van der Waals surface area contributed by atoms with Gasteiger partial charge in [0.1, 0.15) is 11.9 Å². The molecule has 1 amide bonds. The van der Waals surface area contributed by atoms with Crippen LogP contribution in [0.5, 0.6) is 5.75 Å². The molecule has 1 unspecified atom stereocenters. The molecule has 0 saturated heterocycles. The second-order valence-electron chi connectivity index (χ2n) is 9.29. The Kier molecular flexibility index (Phi) is 9.15. The Morgan fingerprint density at radius 2 is 1.47 bits per heavy atom. The van der Waals surface area contributed by atoms with E-state index < -0.39 is 17.8 Å². The van der Waals surface area contributed by atoms with Gasteiger partial charge in [-0.05, 0) is 62.0 Å². The van der Waals surface area contributed by atoms with Crippen LogP contribution in [0.4, 0.5) is 13.2 Å². The molecule has 4 nitrogen and oxygen atoms in total. The number of nitrogens with zero attached hydrogens (tertiary/aromatic N) is 2. The molecule has 0 aliphatic carbocycles. The molecule has 0 saturated carbocycles. The number of hydrogen-bond donors (Lipinski definition) is 0. The third-order valence-electron chi connectivity index (χ3n) is 6.08. The summed E-state index contributed by atoms with van der Waals surface area (Å²) >= 11 is 0. The van der Waals surface area contributed by atoms with E-state index in [1.54, 1.807) is 11.9 Å². The smallest absolute Gasteiger partial charge is 0.416 e. The third kappa shape index (κ3) is 7.59. The van der Waals surface area contributed by atoms with Crippen molar-refractivity contribution in [3.8, 4) is 5.75 Å². The van der Waals surface area contributed by atoms with Crippen LogP contribution in [0.3, 0.4) is 0 Å². The standard InChI is InChI=1S/C29H33F3N2O2/c1-21(23-12-10-22(11-13-23)20-33(2)3)28(35)34(4)19-18-27(24-8-6-5-7-9-24)36-26-16-14-25(15-17-26)29(30,31)32/h5-17,21,27H,18-20H2,1-4H3/t21?,27-/m0/s1.